The van der Waals surface area contributed by atoms with Gasteiger partial charge in [0.2, 0.25) is 5.91 Å². The van der Waals surface area contributed by atoms with Crippen molar-refractivity contribution >= 4 is 35.8 Å². The van der Waals surface area contributed by atoms with Crippen LogP contribution in [0.1, 0.15) is 69.6 Å². The molecule has 3 N–H and O–H groups in total. The lowest BCUT2D eigenvalue weighted by molar-refractivity contribution is -0.121. The van der Waals surface area contributed by atoms with Gasteiger partial charge in [-0.25, -0.2) is 0 Å². The summed E-state index contributed by atoms with van der Waals surface area (Å²) in [6.45, 7) is 3.50. The Morgan fingerprint density at radius 2 is 1.90 bits per heavy atom. The highest BCUT2D eigenvalue weighted by Gasteiger charge is 2.24. The minimum absolute atomic E-state index is 0. The number of aliphatic imine (C=N–C) groups is 1. The predicted molar refractivity (Wildman–Crippen MR) is 131 cm³/mol. The Morgan fingerprint density at radius 1 is 1.17 bits per heavy atom. The van der Waals surface area contributed by atoms with Crippen LogP contribution in [0, 0.1) is 0 Å². The molecule has 0 bridgehead atoms. The number of piperidine rings is 1. The molecular weight excluding hydrogens is 493 g/mol. The zero-order chi connectivity index (χ0) is 20.3. The van der Waals surface area contributed by atoms with Crippen molar-refractivity contribution in [3.8, 4) is 0 Å². The van der Waals surface area contributed by atoms with E-state index in [4.69, 9.17) is 4.42 Å². The lowest BCUT2D eigenvalue weighted by Crippen LogP contribution is -2.45. The van der Waals surface area contributed by atoms with E-state index < -0.39 is 0 Å². The number of furan rings is 1. The van der Waals surface area contributed by atoms with Gasteiger partial charge in [-0.2, -0.15) is 0 Å². The maximum absolute atomic E-state index is 12.2. The zero-order valence-corrected chi connectivity index (χ0v) is 20.5. The largest absolute Gasteiger partial charge is 0.468 e. The molecule has 2 aliphatic rings. The summed E-state index contributed by atoms with van der Waals surface area (Å²) in [5.74, 6) is 1.84. The predicted octanol–water partition coefficient (Wildman–Crippen LogP) is 3.43. The molecular formula is C22H38IN5O2. The Morgan fingerprint density at radius 3 is 2.57 bits per heavy atom. The second-order valence-electron chi connectivity index (χ2n) is 8.16. The average molecular weight is 531 g/mol. The monoisotopic (exact) mass is 531 g/mol. The maximum Gasteiger partial charge on any atom is 0.221 e. The summed E-state index contributed by atoms with van der Waals surface area (Å²) in [4.78, 5) is 19.0. The van der Waals surface area contributed by atoms with Crippen LogP contribution in [0.3, 0.4) is 0 Å². The quantitative estimate of drug-likeness (QED) is 0.272. The first kappa shape index (κ1) is 25.0. The molecule has 0 spiro atoms. The van der Waals surface area contributed by atoms with Gasteiger partial charge in [-0.1, -0.05) is 25.7 Å². The summed E-state index contributed by atoms with van der Waals surface area (Å²) in [5.41, 5.74) is 0. The summed E-state index contributed by atoms with van der Waals surface area (Å²) in [6.07, 6.45) is 12.0. The summed E-state index contributed by atoms with van der Waals surface area (Å²) < 4.78 is 5.70. The number of nitrogens with one attached hydrogen (secondary N) is 3. The smallest absolute Gasteiger partial charge is 0.221 e. The molecule has 1 aliphatic heterocycles. The number of hydrogen-bond donors (Lipinski definition) is 3. The summed E-state index contributed by atoms with van der Waals surface area (Å²) in [7, 11) is 1.76. The molecule has 1 saturated heterocycles. The number of halogens is 1. The van der Waals surface area contributed by atoms with Crippen LogP contribution in [0.4, 0.5) is 0 Å². The zero-order valence-electron chi connectivity index (χ0n) is 18.2. The van der Waals surface area contributed by atoms with Gasteiger partial charge in [0.25, 0.3) is 0 Å². The lowest BCUT2D eigenvalue weighted by Gasteiger charge is -2.33. The van der Waals surface area contributed by atoms with Gasteiger partial charge in [0.1, 0.15) is 5.76 Å². The summed E-state index contributed by atoms with van der Waals surface area (Å²) in [6, 6.07) is 4.56. The molecule has 1 aromatic heterocycles. The molecule has 0 aromatic carbocycles. The molecule has 1 atom stereocenters. The molecule has 1 saturated carbocycles. The van der Waals surface area contributed by atoms with E-state index in [9.17, 15) is 4.79 Å². The van der Waals surface area contributed by atoms with Crippen molar-refractivity contribution in [1.29, 1.82) is 0 Å². The number of carbonyl (C=O) groups excluding carboxylic acids is 1. The summed E-state index contributed by atoms with van der Waals surface area (Å²) in [5, 5.41) is 9.85. The van der Waals surface area contributed by atoms with E-state index in [0.29, 0.717) is 19.0 Å². The molecule has 1 amide bonds. The van der Waals surface area contributed by atoms with E-state index >= 15 is 0 Å². The number of carbonyl (C=O) groups is 1. The number of amides is 1. The van der Waals surface area contributed by atoms with E-state index in [2.05, 4.69) is 25.8 Å². The second-order valence-corrected chi connectivity index (χ2v) is 8.16. The van der Waals surface area contributed by atoms with Gasteiger partial charge in [0.05, 0.1) is 12.3 Å². The Bertz CT molecular complexity index is 625. The van der Waals surface area contributed by atoms with Crippen molar-refractivity contribution in [3.05, 3.63) is 24.2 Å². The van der Waals surface area contributed by atoms with Crippen LogP contribution in [0.25, 0.3) is 0 Å². The molecule has 30 heavy (non-hydrogen) atoms. The highest BCUT2D eigenvalue weighted by Crippen LogP contribution is 2.24. The van der Waals surface area contributed by atoms with E-state index in [1.165, 1.54) is 38.5 Å². The molecule has 3 rings (SSSR count). The van der Waals surface area contributed by atoms with Crippen LogP contribution in [-0.4, -0.2) is 56.0 Å². The molecule has 2 heterocycles. The number of nitrogens with zero attached hydrogens (tertiary/aromatic N) is 2. The van der Waals surface area contributed by atoms with Crippen molar-refractivity contribution in [2.75, 3.05) is 33.2 Å². The fourth-order valence-corrected chi connectivity index (χ4v) is 4.38. The van der Waals surface area contributed by atoms with Crippen LogP contribution in [-0.2, 0) is 4.79 Å². The molecule has 2 fully saturated rings. The highest BCUT2D eigenvalue weighted by atomic mass is 127. The van der Waals surface area contributed by atoms with Gasteiger partial charge in [-0.15, -0.1) is 24.0 Å². The first-order valence-corrected chi connectivity index (χ1v) is 11.3. The molecule has 7 nitrogen and oxygen atoms in total. The topological polar surface area (TPSA) is 81.9 Å². The Kier molecular flexibility index (Phi) is 11.6. The Labute approximate surface area is 197 Å². The minimum atomic E-state index is 0. The molecule has 170 valence electrons. The van der Waals surface area contributed by atoms with E-state index in [1.807, 2.05) is 12.1 Å². The third kappa shape index (κ3) is 8.09. The second kappa shape index (κ2) is 13.9. The molecule has 1 aliphatic carbocycles. The number of guanidine groups is 1. The fourth-order valence-electron chi connectivity index (χ4n) is 4.38. The van der Waals surface area contributed by atoms with Crippen molar-refractivity contribution in [2.24, 2.45) is 4.99 Å². The van der Waals surface area contributed by atoms with Crippen molar-refractivity contribution in [2.45, 2.75) is 69.9 Å². The van der Waals surface area contributed by atoms with Gasteiger partial charge < -0.3 is 20.4 Å². The maximum atomic E-state index is 12.2. The van der Waals surface area contributed by atoms with Crippen LogP contribution >= 0.6 is 24.0 Å². The van der Waals surface area contributed by atoms with Gasteiger partial charge >= 0.3 is 0 Å². The van der Waals surface area contributed by atoms with Crippen LogP contribution < -0.4 is 16.0 Å². The lowest BCUT2D eigenvalue weighted by atomic mass is 9.95. The average Bonchev–Trinajstić information content (AvgIpc) is 3.28. The standard InChI is InChI=1S/C22H37N5O2.HI/c1-23-22(24-13-12-21(28)26-18-9-4-2-5-10-18)25-17-19(20-11-8-16-29-20)27-14-6-3-7-15-27;/h8,11,16,18-19H,2-7,9-10,12-15,17H2,1H3,(H,26,28)(H2,23,24,25);1H. The van der Waals surface area contributed by atoms with Gasteiger partial charge in [0, 0.05) is 32.6 Å². The molecule has 0 radical (unpaired) electrons. The molecule has 1 aromatic rings. The van der Waals surface area contributed by atoms with E-state index in [1.54, 1.807) is 13.3 Å². The first-order chi connectivity index (χ1) is 14.3. The first-order valence-electron chi connectivity index (χ1n) is 11.3. The Balaban J connectivity index is 0.00000320. The van der Waals surface area contributed by atoms with Gasteiger partial charge in [-0.05, 0) is 50.9 Å². The van der Waals surface area contributed by atoms with Crippen LogP contribution in [0.15, 0.2) is 27.8 Å². The van der Waals surface area contributed by atoms with E-state index in [-0.39, 0.29) is 35.9 Å². The fraction of sp³-hybridized carbons (Fsp3) is 0.727. The number of rotatable bonds is 8. The molecule has 1 unspecified atom stereocenters. The number of likely N-dealkylation sites (tertiary alicyclic amines) is 1. The normalized spacial score (nSPS) is 19.6. The van der Waals surface area contributed by atoms with Crippen molar-refractivity contribution < 1.29 is 9.21 Å². The Hall–Kier alpha value is -1.29. The van der Waals surface area contributed by atoms with Gasteiger partial charge in [-0.3, -0.25) is 14.7 Å². The summed E-state index contributed by atoms with van der Waals surface area (Å²) >= 11 is 0. The van der Waals surface area contributed by atoms with Gasteiger partial charge in [0.15, 0.2) is 5.96 Å². The molecule has 8 heteroatoms. The third-order valence-electron chi connectivity index (χ3n) is 6.00. The third-order valence-corrected chi connectivity index (χ3v) is 6.00. The van der Waals surface area contributed by atoms with E-state index in [0.717, 1.165) is 44.2 Å². The van der Waals surface area contributed by atoms with Crippen molar-refractivity contribution in [1.82, 2.24) is 20.9 Å². The van der Waals surface area contributed by atoms with Crippen LogP contribution in [0.2, 0.25) is 0 Å². The van der Waals surface area contributed by atoms with Crippen LogP contribution in [0.5, 0.6) is 0 Å². The minimum Gasteiger partial charge on any atom is -0.468 e. The SMILES string of the molecule is CN=C(NCCC(=O)NC1CCCCC1)NCC(c1ccco1)N1CCCCC1.I. The van der Waals surface area contributed by atoms with Crippen molar-refractivity contribution in [3.63, 3.8) is 0 Å². The highest BCUT2D eigenvalue weighted by molar-refractivity contribution is 14.0. The number of hydrogen-bond acceptors (Lipinski definition) is 4.